The van der Waals surface area contributed by atoms with Gasteiger partial charge in [0, 0.05) is 15.5 Å². The van der Waals surface area contributed by atoms with Gasteiger partial charge >= 0.3 is 0 Å². The molecule has 2 N–H and O–H groups in total. The lowest BCUT2D eigenvalue weighted by Gasteiger charge is -2.05. The molecule has 0 aliphatic carbocycles. The molecular weight excluding hydrogens is 216 g/mol. The summed E-state index contributed by atoms with van der Waals surface area (Å²) >= 11 is 1.57. The molecule has 0 aromatic heterocycles. The van der Waals surface area contributed by atoms with Crippen molar-refractivity contribution < 1.29 is 0 Å². The van der Waals surface area contributed by atoms with E-state index in [9.17, 15) is 0 Å². The van der Waals surface area contributed by atoms with Gasteiger partial charge in [-0.25, -0.2) is 0 Å². The van der Waals surface area contributed by atoms with Crippen LogP contribution in [0.25, 0.3) is 0 Å². The molecule has 2 aromatic rings. The summed E-state index contributed by atoms with van der Waals surface area (Å²) in [5, 5.41) is 8.82. The van der Waals surface area contributed by atoms with Gasteiger partial charge in [-0.1, -0.05) is 30.0 Å². The van der Waals surface area contributed by atoms with Crippen LogP contribution in [0.1, 0.15) is 5.56 Å². The highest BCUT2D eigenvalue weighted by Gasteiger charge is 2.02. The SMILES string of the molecule is N#Cc1ccc(N)c(Sc2ccccc2)c1. The molecule has 78 valence electrons. The summed E-state index contributed by atoms with van der Waals surface area (Å²) in [5.74, 6) is 0. The molecule has 16 heavy (non-hydrogen) atoms. The summed E-state index contributed by atoms with van der Waals surface area (Å²) in [6.07, 6.45) is 0. The Bertz CT molecular complexity index is 529. The molecule has 0 bridgehead atoms. The Kier molecular flexibility index (Phi) is 3.13. The van der Waals surface area contributed by atoms with Gasteiger partial charge < -0.3 is 5.73 Å². The second-order valence-electron chi connectivity index (χ2n) is 3.28. The highest BCUT2D eigenvalue weighted by Crippen LogP contribution is 2.32. The molecule has 0 saturated heterocycles. The Morgan fingerprint density at radius 1 is 1.06 bits per heavy atom. The van der Waals surface area contributed by atoms with Crippen LogP contribution in [0.5, 0.6) is 0 Å². The number of hydrogen-bond acceptors (Lipinski definition) is 3. The van der Waals surface area contributed by atoms with E-state index in [0.717, 1.165) is 9.79 Å². The van der Waals surface area contributed by atoms with Crippen molar-refractivity contribution in [2.75, 3.05) is 5.73 Å². The molecule has 0 spiro atoms. The third-order valence-electron chi connectivity index (χ3n) is 2.11. The number of hydrogen-bond donors (Lipinski definition) is 1. The Morgan fingerprint density at radius 2 is 1.81 bits per heavy atom. The van der Waals surface area contributed by atoms with Crippen molar-refractivity contribution in [1.82, 2.24) is 0 Å². The van der Waals surface area contributed by atoms with E-state index < -0.39 is 0 Å². The molecule has 0 saturated carbocycles. The van der Waals surface area contributed by atoms with Gasteiger partial charge in [0.15, 0.2) is 0 Å². The molecule has 0 heterocycles. The summed E-state index contributed by atoms with van der Waals surface area (Å²) in [5.41, 5.74) is 7.20. The maximum atomic E-state index is 8.82. The minimum absolute atomic E-state index is 0.632. The fourth-order valence-corrected chi connectivity index (χ4v) is 2.23. The van der Waals surface area contributed by atoms with Crippen LogP contribution < -0.4 is 5.73 Å². The first-order chi connectivity index (χ1) is 7.79. The van der Waals surface area contributed by atoms with E-state index in [1.807, 2.05) is 36.4 Å². The second kappa shape index (κ2) is 4.73. The Labute approximate surface area is 98.7 Å². The molecule has 0 unspecified atom stereocenters. The maximum Gasteiger partial charge on any atom is 0.0992 e. The molecule has 2 nitrogen and oxygen atoms in total. The minimum Gasteiger partial charge on any atom is -0.398 e. The van der Waals surface area contributed by atoms with Crippen LogP contribution in [0.15, 0.2) is 58.3 Å². The highest BCUT2D eigenvalue weighted by molar-refractivity contribution is 7.99. The third kappa shape index (κ3) is 2.36. The Morgan fingerprint density at radius 3 is 2.50 bits per heavy atom. The molecule has 2 aromatic carbocycles. The van der Waals surface area contributed by atoms with Crippen molar-refractivity contribution in [3.63, 3.8) is 0 Å². The topological polar surface area (TPSA) is 49.8 Å². The van der Waals surface area contributed by atoms with Crippen LogP contribution in [0.4, 0.5) is 5.69 Å². The van der Waals surface area contributed by atoms with E-state index >= 15 is 0 Å². The fourth-order valence-electron chi connectivity index (χ4n) is 1.31. The Balaban J connectivity index is 2.31. The predicted octanol–water partition coefficient (Wildman–Crippen LogP) is 3.29. The molecular formula is C13H10N2S. The van der Waals surface area contributed by atoms with E-state index in [4.69, 9.17) is 11.0 Å². The number of rotatable bonds is 2. The highest BCUT2D eigenvalue weighted by atomic mass is 32.2. The van der Waals surface area contributed by atoms with Gasteiger partial charge in [0.25, 0.3) is 0 Å². The van der Waals surface area contributed by atoms with Crippen LogP contribution in [-0.2, 0) is 0 Å². The number of benzene rings is 2. The van der Waals surface area contributed by atoms with Gasteiger partial charge in [0.1, 0.15) is 0 Å². The summed E-state index contributed by atoms with van der Waals surface area (Å²) in [6, 6.07) is 17.4. The van der Waals surface area contributed by atoms with E-state index in [-0.39, 0.29) is 0 Å². The normalized spacial score (nSPS) is 9.69. The molecule has 0 aliphatic rings. The molecule has 0 aliphatic heterocycles. The zero-order valence-electron chi connectivity index (χ0n) is 8.55. The summed E-state index contributed by atoms with van der Waals surface area (Å²) < 4.78 is 0. The van der Waals surface area contributed by atoms with Crippen LogP contribution in [0, 0.1) is 11.3 Å². The second-order valence-corrected chi connectivity index (χ2v) is 4.39. The largest absolute Gasteiger partial charge is 0.398 e. The predicted molar refractivity (Wildman–Crippen MR) is 66.1 cm³/mol. The zero-order valence-corrected chi connectivity index (χ0v) is 9.37. The fraction of sp³-hybridized carbons (Fsp3) is 0. The molecule has 0 amide bonds. The molecule has 0 radical (unpaired) electrons. The van der Waals surface area contributed by atoms with Gasteiger partial charge in [0.05, 0.1) is 11.6 Å². The monoisotopic (exact) mass is 226 g/mol. The molecule has 0 fully saturated rings. The van der Waals surface area contributed by atoms with Crippen LogP contribution in [0.2, 0.25) is 0 Å². The number of nitrogen functional groups attached to an aromatic ring is 1. The number of nitrogens with zero attached hydrogens (tertiary/aromatic N) is 1. The lowest BCUT2D eigenvalue weighted by Crippen LogP contribution is -1.89. The number of nitrogens with two attached hydrogens (primary N) is 1. The van der Waals surface area contributed by atoms with Gasteiger partial charge in [-0.3, -0.25) is 0 Å². The average molecular weight is 226 g/mol. The first kappa shape index (κ1) is 10.6. The lowest BCUT2D eigenvalue weighted by molar-refractivity contribution is 1.38. The van der Waals surface area contributed by atoms with E-state index in [1.165, 1.54) is 0 Å². The molecule has 0 atom stereocenters. The van der Waals surface area contributed by atoms with Gasteiger partial charge in [-0.05, 0) is 30.3 Å². The summed E-state index contributed by atoms with van der Waals surface area (Å²) in [7, 11) is 0. The summed E-state index contributed by atoms with van der Waals surface area (Å²) in [4.78, 5) is 2.04. The van der Waals surface area contributed by atoms with E-state index in [2.05, 4.69) is 6.07 Å². The van der Waals surface area contributed by atoms with Crippen LogP contribution in [0.3, 0.4) is 0 Å². The van der Waals surface area contributed by atoms with Crippen molar-refractivity contribution >= 4 is 17.4 Å². The lowest BCUT2D eigenvalue weighted by atomic mass is 10.2. The molecule has 2 rings (SSSR count). The smallest absolute Gasteiger partial charge is 0.0992 e. The van der Waals surface area contributed by atoms with E-state index in [0.29, 0.717) is 11.3 Å². The van der Waals surface area contributed by atoms with Crippen molar-refractivity contribution in [3.8, 4) is 6.07 Å². The number of nitriles is 1. The molecule has 3 heteroatoms. The van der Waals surface area contributed by atoms with Crippen LogP contribution >= 0.6 is 11.8 Å². The first-order valence-electron chi connectivity index (χ1n) is 4.82. The quantitative estimate of drug-likeness (QED) is 0.799. The average Bonchev–Trinajstić information content (AvgIpc) is 2.33. The van der Waals surface area contributed by atoms with Gasteiger partial charge in [-0.2, -0.15) is 5.26 Å². The zero-order chi connectivity index (χ0) is 11.4. The van der Waals surface area contributed by atoms with Crippen molar-refractivity contribution in [3.05, 3.63) is 54.1 Å². The van der Waals surface area contributed by atoms with Crippen molar-refractivity contribution in [2.45, 2.75) is 9.79 Å². The van der Waals surface area contributed by atoms with Crippen molar-refractivity contribution in [1.29, 1.82) is 5.26 Å². The standard InChI is InChI=1S/C13H10N2S/c14-9-10-6-7-12(15)13(8-10)16-11-4-2-1-3-5-11/h1-8H,15H2. The van der Waals surface area contributed by atoms with Gasteiger partial charge in [-0.15, -0.1) is 0 Å². The van der Waals surface area contributed by atoms with Gasteiger partial charge in [0.2, 0.25) is 0 Å². The van der Waals surface area contributed by atoms with E-state index in [1.54, 1.807) is 23.9 Å². The third-order valence-corrected chi connectivity index (χ3v) is 3.20. The minimum atomic E-state index is 0.632. The van der Waals surface area contributed by atoms with Crippen molar-refractivity contribution in [2.24, 2.45) is 0 Å². The van der Waals surface area contributed by atoms with Crippen LogP contribution in [-0.4, -0.2) is 0 Å². The number of anilines is 1. The maximum absolute atomic E-state index is 8.82. The Hall–Kier alpha value is -1.92. The summed E-state index contributed by atoms with van der Waals surface area (Å²) in [6.45, 7) is 0. The first-order valence-corrected chi connectivity index (χ1v) is 5.64.